The summed E-state index contributed by atoms with van der Waals surface area (Å²) >= 11 is 0. The van der Waals surface area contributed by atoms with Crippen LogP contribution in [-0.4, -0.2) is 72.9 Å². The van der Waals surface area contributed by atoms with Gasteiger partial charge in [-0.15, -0.1) is 0 Å². The normalized spacial score (nSPS) is 47.5. The van der Waals surface area contributed by atoms with E-state index in [1.165, 1.54) is 44.2 Å². The number of carbonyl (C=O) groups excluding carboxylic acids is 1. The van der Waals surface area contributed by atoms with Crippen molar-refractivity contribution in [3.8, 4) is 0 Å². The van der Waals surface area contributed by atoms with Crippen molar-refractivity contribution in [1.29, 1.82) is 0 Å². The van der Waals surface area contributed by atoms with E-state index in [4.69, 9.17) is 14.2 Å². The molecule has 8 aliphatic rings. The van der Waals surface area contributed by atoms with Crippen LogP contribution in [0.3, 0.4) is 0 Å². The second-order valence-corrected chi connectivity index (χ2v) is 20.0. The molecule has 2 saturated heterocycles. The summed E-state index contributed by atoms with van der Waals surface area (Å²) in [4.78, 5) is 14.9. The molecule has 6 aliphatic carbocycles. The van der Waals surface area contributed by atoms with Crippen molar-refractivity contribution in [2.45, 2.75) is 142 Å². The lowest BCUT2D eigenvalue weighted by Crippen LogP contribution is -2.60. The highest BCUT2D eigenvalue weighted by molar-refractivity contribution is 5.76. The standard InChI is InChI=1S/C43H62F2N2O5/c1-25-16-30(22-46-21-27-17-28(44)20-29(45)18-27)51-37-36(25)40(4)12-13-43-24-42(43)11-10-33(39(2,3)31(42)8-9-32(43)41(40,5)38(37)49)52-35-23-47(14-15-50-35)34(48)19-26-6-7-26/h17-18,20,25-26,30-33,35-38,46,49H,6-16,19,21-24H2,1-5H3/t25?,30?,31-,32?,33?,35-,36?,37?,38-,40?,41+,42?,43?/m0/s1. The van der Waals surface area contributed by atoms with Gasteiger partial charge < -0.3 is 29.5 Å². The third-order valence-corrected chi connectivity index (χ3v) is 17.3. The maximum absolute atomic E-state index is 13.8. The van der Waals surface area contributed by atoms with Crippen molar-refractivity contribution in [1.82, 2.24) is 10.2 Å². The van der Waals surface area contributed by atoms with Crippen LogP contribution in [0.15, 0.2) is 18.2 Å². The van der Waals surface area contributed by atoms with Crippen molar-refractivity contribution < 1.29 is 32.9 Å². The highest BCUT2D eigenvalue weighted by Crippen LogP contribution is 2.89. The van der Waals surface area contributed by atoms with Gasteiger partial charge in [-0.1, -0.05) is 34.6 Å². The zero-order chi connectivity index (χ0) is 36.4. The molecular weight excluding hydrogens is 662 g/mol. The van der Waals surface area contributed by atoms with Crippen LogP contribution in [-0.2, 0) is 25.5 Å². The minimum absolute atomic E-state index is 0.00249. The van der Waals surface area contributed by atoms with Gasteiger partial charge in [-0.05, 0) is 133 Å². The van der Waals surface area contributed by atoms with Gasteiger partial charge in [-0.25, -0.2) is 8.78 Å². The van der Waals surface area contributed by atoms with Crippen LogP contribution in [0.5, 0.6) is 0 Å². The summed E-state index contributed by atoms with van der Waals surface area (Å²) in [6.45, 7) is 14.9. The van der Waals surface area contributed by atoms with Crippen LogP contribution in [0, 0.1) is 68.3 Å². The van der Waals surface area contributed by atoms with Gasteiger partial charge in [0.1, 0.15) is 11.6 Å². The Balaban J connectivity index is 0.886. The largest absolute Gasteiger partial charge is 0.390 e. The summed E-state index contributed by atoms with van der Waals surface area (Å²) in [5.74, 6) is 1.47. The van der Waals surface area contributed by atoms with Gasteiger partial charge in [-0.2, -0.15) is 0 Å². The van der Waals surface area contributed by atoms with E-state index in [9.17, 15) is 18.7 Å². The predicted molar refractivity (Wildman–Crippen MR) is 193 cm³/mol. The number of amides is 1. The van der Waals surface area contributed by atoms with Crippen LogP contribution in [0.2, 0.25) is 0 Å². The molecule has 0 bridgehead atoms. The zero-order valence-corrected chi connectivity index (χ0v) is 32.1. The molecule has 2 heterocycles. The number of benzene rings is 1. The van der Waals surface area contributed by atoms with Gasteiger partial charge in [0.15, 0.2) is 6.29 Å². The van der Waals surface area contributed by atoms with E-state index in [1.807, 2.05) is 4.90 Å². The number of nitrogens with zero attached hydrogens (tertiary/aromatic N) is 1. The van der Waals surface area contributed by atoms with Crippen LogP contribution < -0.4 is 5.32 Å². The zero-order valence-electron chi connectivity index (χ0n) is 32.1. The maximum Gasteiger partial charge on any atom is 0.223 e. The Labute approximate surface area is 309 Å². The molecule has 9 unspecified atom stereocenters. The number of morpholine rings is 1. The smallest absolute Gasteiger partial charge is 0.223 e. The second kappa shape index (κ2) is 12.4. The molecule has 13 atom stereocenters. The van der Waals surface area contributed by atoms with Gasteiger partial charge in [-0.3, -0.25) is 4.79 Å². The average molecular weight is 725 g/mol. The van der Waals surface area contributed by atoms with Crippen molar-refractivity contribution >= 4 is 5.91 Å². The first-order valence-electron chi connectivity index (χ1n) is 20.8. The maximum atomic E-state index is 13.8. The Hall–Kier alpha value is -1.65. The summed E-state index contributed by atoms with van der Waals surface area (Å²) < 4.78 is 47.4. The summed E-state index contributed by atoms with van der Waals surface area (Å²) in [6, 6.07) is 3.65. The van der Waals surface area contributed by atoms with Gasteiger partial charge >= 0.3 is 0 Å². The third kappa shape index (κ3) is 5.28. The van der Waals surface area contributed by atoms with Gasteiger partial charge in [0.2, 0.25) is 5.91 Å². The highest BCUT2D eigenvalue weighted by Gasteiger charge is 2.84. The first kappa shape index (κ1) is 36.0. The van der Waals surface area contributed by atoms with Crippen molar-refractivity contribution in [3.05, 3.63) is 35.4 Å². The molecule has 288 valence electrons. The van der Waals surface area contributed by atoms with Gasteiger partial charge in [0, 0.05) is 37.5 Å². The van der Waals surface area contributed by atoms with Crippen molar-refractivity contribution in [3.63, 3.8) is 0 Å². The molecule has 9 heteroatoms. The lowest BCUT2D eigenvalue weighted by atomic mass is 9.41. The SMILES string of the molecule is CC1CC(CNCc2cc(F)cc(F)c2)OC2C1C1(C)CCC34CC35CCC(O[C@H]3CN(C(=O)CC6CC6)CCO3)C(C)(C)[C@@H]5CCC4[C@]1(C)[C@H]2O. The van der Waals surface area contributed by atoms with Crippen LogP contribution >= 0.6 is 0 Å². The van der Waals surface area contributed by atoms with E-state index in [0.717, 1.165) is 38.2 Å². The van der Waals surface area contributed by atoms with Gasteiger partial charge in [0.05, 0.1) is 37.6 Å². The van der Waals surface area contributed by atoms with E-state index in [0.29, 0.717) is 79.8 Å². The molecule has 1 aromatic rings. The molecule has 6 saturated carbocycles. The molecule has 9 rings (SSSR count). The molecule has 2 N–H and O–H groups in total. The van der Waals surface area contributed by atoms with E-state index >= 15 is 0 Å². The minimum atomic E-state index is -0.562. The minimum Gasteiger partial charge on any atom is -0.390 e. The highest BCUT2D eigenvalue weighted by atomic mass is 19.1. The molecule has 2 aliphatic heterocycles. The quantitative estimate of drug-likeness (QED) is 0.295. The fourth-order valence-corrected chi connectivity index (χ4v) is 14.7. The Kier molecular flexibility index (Phi) is 8.61. The number of hydrogen-bond donors (Lipinski definition) is 2. The molecule has 1 aromatic carbocycles. The number of nitrogens with one attached hydrogen (secondary N) is 1. The number of aliphatic hydroxyl groups excluding tert-OH is 1. The number of rotatable bonds is 8. The summed E-state index contributed by atoms with van der Waals surface area (Å²) in [7, 11) is 0. The number of halogens is 2. The number of aliphatic hydroxyl groups is 1. The van der Waals surface area contributed by atoms with E-state index in [2.05, 4.69) is 39.9 Å². The molecule has 7 nitrogen and oxygen atoms in total. The van der Waals surface area contributed by atoms with Crippen LogP contribution in [0.1, 0.15) is 111 Å². The lowest BCUT2D eigenvalue weighted by Gasteiger charge is -2.64. The van der Waals surface area contributed by atoms with Crippen molar-refractivity contribution in [2.75, 3.05) is 26.2 Å². The molecule has 1 amide bonds. The van der Waals surface area contributed by atoms with Crippen molar-refractivity contribution in [2.24, 2.45) is 56.7 Å². The lowest BCUT2D eigenvalue weighted by molar-refractivity contribution is -0.248. The summed E-state index contributed by atoms with van der Waals surface area (Å²) in [5.41, 5.74) is 0.908. The molecule has 8 fully saturated rings. The number of ether oxygens (including phenoxy) is 3. The topological polar surface area (TPSA) is 80.3 Å². The number of carbonyl (C=O) groups is 1. The fraction of sp³-hybridized carbons (Fsp3) is 0.837. The molecule has 52 heavy (non-hydrogen) atoms. The summed E-state index contributed by atoms with van der Waals surface area (Å²) in [6.07, 6.45) is 11.1. The number of hydrogen-bond acceptors (Lipinski definition) is 6. The third-order valence-electron chi connectivity index (χ3n) is 17.3. The van der Waals surface area contributed by atoms with E-state index < -0.39 is 17.7 Å². The first-order valence-corrected chi connectivity index (χ1v) is 20.8. The van der Waals surface area contributed by atoms with E-state index in [-0.39, 0.29) is 52.2 Å². The summed E-state index contributed by atoms with van der Waals surface area (Å²) in [5, 5.41) is 15.9. The Morgan fingerprint density at radius 3 is 2.48 bits per heavy atom. The second-order valence-electron chi connectivity index (χ2n) is 20.0. The average Bonchev–Trinajstić information content (AvgIpc) is 4.01. The van der Waals surface area contributed by atoms with Gasteiger partial charge in [0.25, 0.3) is 0 Å². The molecular formula is C43H62F2N2O5. The molecule has 0 radical (unpaired) electrons. The fourth-order valence-electron chi connectivity index (χ4n) is 14.7. The Morgan fingerprint density at radius 2 is 1.73 bits per heavy atom. The Morgan fingerprint density at radius 1 is 1.00 bits per heavy atom. The van der Waals surface area contributed by atoms with Crippen LogP contribution in [0.25, 0.3) is 0 Å². The van der Waals surface area contributed by atoms with E-state index in [1.54, 1.807) is 0 Å². The monoisotopic (exact) mass is 724 g/mol. The molecule has 2 spiro atoms. The number of fused-ring (bicyclic) bond motifs is 4. The van der Waals surface area contributed by atoms with Crippen LogP contribution in [0.4, 0.5) is 8.78 Å². The predicted octanol–water partition coefficient (Wildman–Crippen LogP) is 7.24. The Bertz CT molecular complexity index is 1550. The molecule has 0 aromatic heterocycles. The first-order chi connectivity index (χ1) is 24.7.